The molecule has 0 saturated carbocycles. The molecule has 0 unspecified atom stereocenters. The summed E-state index contributed by atoms with van der Waals surface area (Å²) in [6.07, 6.45) is -6.17. The fraction of sp³-hybridized carbons (Fsp3) is 0.300. The molecule has 1 rings (SSSR count). The van der Waals surface area contributed by atoms with Gasteiger partial charge in [-0.3, -0.25) is 10.1 Å². The molecule has 0 aromatic heterocycles. The minimum Gasteiger partial charge on any atom is -0.258 e. The third-order valence-corrected chi connectivity index (χ3v) is 2.69. The smallest absolute Gasteiger partial charge is 0.258 e. The van der Waals surface area contributed by atoms with E-state index in [4.69, 9.17) is 11.6 Å². The van der Waals surface area contributed by atoms with Gasteiger partial charge < -0.3 is 0 Å². The van der Waals surface area contributed by atoms with Crippen molar-refractivity contribution in [3.63, 3.8) is 0 Å². The van der Waals surface area contributed by atoms with E-state index >= 15 is 0 Å². The number of benzene rings is 1. The molecule has 1 aromatic rings. The van der Waals surface area contributed by atoms with E-state index in [0.717, 1.165) is 18.2 Å². The number of hydrogen-bond donors (Lipinski definition) is 1. The number of nitrogens with zero attached hydrogens (tertiary/aromatic N) is 2. The number of hydrogen-bond acceptors (Lipinski definition) is 4. The molecule has 0 spiro atoms. The molecule has 0 heterocycles. The maximum Gasteiger partial charge on any atom is 0.462 e. The van der Waals surface area contributed by atoms with Gasteiger partial charge in [0.25, 0.3) is 5.69 Å². The van der Waals surface area contributed by atoms with E-state index < -0.39 is 28.8 Å². The lowest BCUT2D eigenvalue weighted by Gasteiger charge is -2.27. The number of nitro benzene ring substituents is 1. The summed E-state index contributed by atoms with van der Waals surface area (Å²) in [6, 6.07) is -3.04. The first-order valence-electron chi connectivity index (χ1n) is 5.36. The van der Waals surface area contributed by atoms with Gasteiger partial charge >= 0.3 is 18.1 Å². The van der Waals surface area contributed by atoms with Crippen LogP contribution in [0.15, 0.2) is 23.3 Å². The average molecular weight is 368 g/mol. The highest BCUT2D eigenvalue weighted by Crippen LogP contribution is 2.44. The Morgan fingerprint density at radius 1 is 1.17 bits per heavy atom. The largest absolute Gasteiger partial charge is 0.462 e. The molecule has 1 N–H and O–H groups in total. The van der Waals surface area contributed by atoms with Gasteiger partial charge in [-0.1, -0.05) is 11.6 Å². The zero-order chi connectivity index (χ0) is 18.1. The summed E-state index contributed by atoms with van der Waals surface area (Å²) in [5.74, 6) is -6.39. The molecule has 0 saturated heterocycles. The van der Waals surface area contributed by atoms with E-state index in [9.17, 15) is 40.8 Å². The zero-order valence-corrected chi connectivity index (χ0v) is 11.3. The van der Waals surface area contributed by atoms with Crippen LogP contribution in [0.5, 0.6) is 0 Å². The number of non-ortho nitro benzene ring substituents is 1. The van der Waals surface area contributed by atoms with Crippen LogP contribution in [0.4, 0.5) is 36.4 Å². The Morgan fingerprint density at radius 2 is 1.74 bits per heavy atom. The molecule has 1 aromatic carbocycles. The summed E-state index contributed by atoms with van der Waals surface area (Å²) in [6.45, 7) is 0. The molecule has 13 heteroatoms. The van der Waals surface area contributed by atoms with Crippen molar-refractivity contribution in [2.75, 3.05) is 0 Å². The molecule has 0 bridgehead atoms. The third kappa shape index (κ3) is 4.00. The molecule has 5 nitrogen and oxygen atoms in total. The standard InChI is InChI=1S/C10H5ClF7N3O2/c11-7-2-1-6(21(22)23)3-5(7)4-19-20-10(17,18)8(12,13)9(14,15)16/h1-4,20H/b19-4+. The number of nitro groups is 1. The lowest BCUT2D eigenvalue weighted by Crippen LogP contribution is -2.58. The van der Waals surface area contributed by atoms with Crippen LogP contribution in [-0.2, 0) is 0 Å². The monoisotopic (exact) mass is 367 g/mol. The van der Waals surface area contributed by atoms with Crippen molar-refractivity contribution < 1.29 is 35.7 Å². The maximum absolute atomic E-state index is 12.9. The lowest BCUT2D eigenvalue weighted by molar-refractivity contribution is -0.384. The van der Waals surface area contributed by atoms with Gasteiger partial charge in [-0.2, -0.15) is 35.8 Å². The van der Waals surface area contributed by atoms with E-state index in [2.05, 4.69) is 5.10 Å². The highest BCUT2D eigenvalue weighted by molar-refractivity contribution is 6.33. The van der Waals surface area contributed by atoms with Crippen LogP contribution in [0, 0.1) is 10.1 Å². The van der Waals surface area contributed by atoms with Gasteiger partial charge in [0.1, 0.15) is 0 Å². The second kappa shape index (κ2) is 6.18. The number of alkyl halides is 7. The minimum absolute atomic E-state index is 0.230. The number of nitrogens with one attached hydrogen (secondary N) is 1. The van der Waals surface area contributed by atoms with E-state index in [-0.39, 0.29) is 10.6 Å². The molecular weight excluding hydrogens is 363 g/mol. The van der Waals surface area contributed by atoms with Gasteiger partial charge in [-0.15, -0.1) is 0 Å². The van der Waals surface area contributed by atoms with Crippen LogP contribution >= 0.6 is 11.6 Å². The van der Waals surface area contributed by atoms with E-state index in [1.807, 2.05) is 0 Å². The van der Waals surface area contributed by atoms with Crippen molar-refractivity contribution in [3.05, 3.63) is 38.9 Å². The fourth-order valence-corrected chi connectivity index (χ4v) is 1.34. The van der Waals surface area contributed by atoms with E-state index in [1.54, 1.807) is 0 Å². The Balaban J connectivity index is 2.99. The predicted molar refractivity (Wildman–Crippen MR) is 64.8 cm³/mol. The van der Waals surface area contributed by atoms with Crippen LogP contribution in [0.2, 0.25) is 5.02 Å². The maximum atomic E-state index is 12.9. The summed E-state index contributed by atoms with van der Waals surface area (Å²) >= 11 is 5.56. The first-order chi connectivity index (χ1) is 10.3. The summed E-state index contributed by atoms with van der Waals surface area (Å²) < 4.78 is 86.5. The lowest BCUT2D eigenvalue weighted by atomic mass is 10.2. The highest BCUT2D eigenvalue weighted by atomic mass is 35.5. The molecule has 0 radical (unpaired) electrons. The molecular formula is C10H5ClF7N3O2. The Hall–Kier alpha value is -2.11. The van der Waals surface area contributed by atoms with Crippen molar-refractivity contribution in [2.45, 2.75) is 18.1 Å². The topological polar surface area (TPSA) is 67.5 Å². The third-order valence-electron chi connectivity index (χ3n) is 2.35. The highest BCUT2D eigenvalue weighted by Gasteiger charge is 2.73. The molecule has 23 heavy (non-hydrogen) atoms. The van der Waals surface area contributed by atoms with Crippen LogP contribution in [-0.4, -0.2) is 29.3 Å². The van der Waals surface area contributed by atoms with Crippen molar-refractivity contribution in [2.24, 2.45) is 5.10 Å². The van der Waals surface area contributed by atoms with Crippen molar-refractivity contribution in [1.29, 1.82) is 0 Å². The molecule has 0 aliphatic heterocycles. The van der Waals surface area contributed by atoms with Crippen molar-refractivity contribution in [1.82, 2.24) is 5.43 Å². The number of halogens is 8. The summed E-state index contributed by atoms with van der Waals surface area (Å²) in [5.41, 5.74) is -0.505. The molecule has 0 amide bonds. The van der Waals surface area contributed by atoms with Crippen LogP contribution < -0.4 is 5.43 Å². The minimum atomic E-state index is -6.51. The second-order valence-electron chi connectivity index (χ2n) is 3.98. The van der Waals surface area contributed by atoms with Crippen molar-refractivity contribution >= 4 is 23.5 Å². The SMILES string of the molecule is O=[N+]([O-])c1ccc(Cl)c(/C=N/NC(F)(F)C(F)(F)C(F)(F)F)c1. The predicted octanol–water partition coefficient (Wildman–Crippen LogP) is 3.96. The Kier molecular flexibility index (Phi) is 5.09. The summed E-state index contributed by atoms with van der Waals surface area (Å²) in [7, 11) is 0. The average Bonchev–Trinajstić information content (AvgIpc) is 2.38. The van der Waals surface area contributed by atoms with Crippen LogP contribution in [0.1, 0.15) is 5.56 Å². The molecule has 0 atom stereocenters. The van der Waals surface area contributed by atoms with Gasteiger partial charge in [-0.05, 0) is 6.07 Å². The Labute approximate surface area is 127 Å². The molecule has 0 aliphatic carbocycles. The quantitative estimate of drug-likeness (QED) is 0.281. The van der Waals surface area contributed by atoms with Gasteiger partial charge in [0.15, 0.2) is 0 Å². The van der Waals surface area contributed by atoms with Gasteiger partial charge in [-0.25, -0.2) is 5.43 Å². The summed E-state index contributed by atoms with van der Waals surface area (Å²) in [5, 5.41) is 12.8. The van der Waals surface area contributed by atoms with Crippen LogP contribution in [0.25, 0.3) is 0 Å². The second-order valence-corrected chi connectivity index (χ2v) is 4.39. The van der Waals surface area contributed by atoms with Gasteiger partial charge in [0.2, 0.25) is 0 Å². The normalized spacial score (nSPS) is 13.4. The zero-order valence-electron chi connectivity index (χ0n) is 10.5. The molecule has 128 valence electrons. The van der Waals surface area contributed by atoms with Crippen molar-refractivity contribution in [3.8, 4) is 0 Å². The van der Waals surface area contributed by atoms with Crippen LogP contribution in [0.3, 0.4) is 0 Å². The number of hydrazone groups is 1. The Bertz CT molecular complexity index is 633. The number of rotatable bonds is 5. The van der Waals surface area contributed by atoms with Gasteiger partial charge in [0, 0.05) is 22.7 Å². The Morgan fingerprint density at radius 3 is 2.22 bits per heavy atom. The van der Waals surface area contributed by atoms with E-state index in [1.165, 1.54) is 0 Å². The van der Waals surface area contributed by atoms with E-state index in [0.29, 0.717) is 11.6 Å². The first kappa shape index (κ1) is 18.9. The fourth-order valence-electron chi connectivity index (χ4n) is 1.17. The first-order valence-corrected chi connectivity index (χ1v) is 5.74. The molecule has 0 fully saturated rings. The molecule has 0 aliphatic rings. The summed E-state index contributed by atoms with van der Waals surface area (Å²) in [4.78, 5) is 9.63. The van der Waals surface area contributed by atoms with Gasteiger partial charge in [0.05, 0.1) is 11.1 Å².